The van der Waals surface area contributed by atoms with Crippen LogP contribution in [0.15, 0.2) is 0 Å². The molecule has 0 heterocycles. The first kappa shape index (κ1) is 8.09. The van der Waals surface area contributed by atoms with E-state index in [9.17, 15) is 4.79 Å². The van der Waals surface area contributed by atoms with Crippen molar-refractivity contribution in [3.63, 3.8) is 0 Å². The SMILES string of the molecule is NC(=O)C1CC2[CH]C(CCC2)C1. The summed E-state index contributed by atoms with van der Waals surface area (Å²) in [5.74, 6) is 1.47. The quantitative estimate of drug-likeness (QED) is 0.630. The van der Waals surface area contributed by atoms with Gasteiger partial charge in [0.05, 0.1) is 0 Å². The van der Waals surface area contributed by atoms with Gasteiger partial charge in [-0.25, -0.2) is 0 Å². The fraction of sp³-hybridized carbons (Fsp3) is 0.800. The van der Waals surface area contributed by atoms with Crippen LogP contribution in [-0.2, 0) is 4.79 Å². The summed E-state index contributed by atoms with van der Waals surface area (Å²) < 4.78 is 0. The Bertz CT molecular complexity index is 178. The van der Waals surface area contributed by atoms with Crippen LogP contribution in [0.4, 0.5) is 0 Å². The lowest BCUT2D eigenvalue weighted by atomic mass is 9.68. The summed E-state index contributed by atoms with van der Waals surface area (Å²) in [7, 11) is 0. The van der Waals surface area contributed by atoms with E-state index in [4.69, 9.17) is 5.73 Å². The first-order valence-electron chi connectivity index (χ1n) is 4.90. The van der Waals surface area contributed by atoms with Crippen molar-refractivity contribution in [1.29, 1.82) is 0 Å². The van der Waals surface area contributed by atoms with E-state index in [1.165, 1.54) is 19.3 Å². The third kappa shape index (κ3) is 1.47. The van der Waals surface area contributed by atoms with Gasteiger partial charge in [0.1, 0.15) is 0 Å². The summed E-state index contributed by atoms with van der Waals surface area (Å²) in [4.78, 5) is 11.0. The van der Waals surface area contributed by atoms with Crippen molar-refractivity contribution >= 4 is 5.91 Å². The maximum atomic E-state index is 11.0. The van der Waals surface area contributed by atoms with E-state index in [0.717, 1.165) is 12.8 Å². The summed E-state index contributed by atoms with van der Waals surface area (Å²) in [6, 6.07) is 0. The van der Waals surface area contributed by atoms with Gasteiger partial charge in [0.2, 0.25) is 5.91 Å². The van der Waals surface area contributed by atoms with Gasteiger partial charge in [-0.3, -0.25) is 4.79 Å². The van der Waals surface area contributed by atoms with Crippen molar-refractivity contribution in [1.82, 2.24) is 0 Å². The average Bonchev–Trinajstić information content (AvgIpc) is 2.03. The maximum Gasteiger partial charge on any atom is 0.220 e. The molecule has 2 fully saturated rings. The van der Waals surface area contributed by atoms with Crippen molar-refractivity contribution in [2.24, 2.45) is 23.5 Å². The predicted octanol–water partition coefficient (Wildman–Crippen LogP) is 1.50. The topological polar surface area (TPSA) is 43.1 Å². The smallest absolute Gasteiger partial charge is 0.220 e. The minimum atomic E-state index is -0.0833. The molecule has 2 unspecified atom stereocenters. The normalized spacial score (nSPS) is 40.8. The Kier molecular flexibility index (Phi) is 2.07. The number of fused-ring (bicyclic) bond motifs is 2. The second-order valence-electron chi connectivity index (χ2n) is 4.21. The number of hydrogen-bond donors (Lipinski definition) is 1. The summed E-state index contributed by atoms with van der Waals surface area (Å²) in [5.41, 5.74) is 5.32. The van der Waals surface area contributed by atoms with Gasteiger partial charge in [0.25, 0.3) is 0 Å². The zero-order valence-electron chi connectivity index (χ0n) is 7.33. The zero-order valence-corrected chi connectivity index (χ0v) is 7.33. The molecule has 0 aromatic rings. The highest BCUT2D eigenvalue weighted by Gasteiger charge is 2.34. The van der Waals surface area contributed by atoms with Gasteiger partial charge >= 0.3 is 0 Å². The van der Waals surface area contributed by atoms with Crippen LogP contribution in [0.2, 0.25) is 0 Å². The monoisotopic (exact) mass is 166 g/mol. The van der Waals surface area contributed by atoms with Crippen LogP contribution in [0.25, 0.3) is 0 Å². The van der Waals surface area contributed by atoms with Crippen LogP contribution < -0.4 is 5.73 Å². The van der Waals surface area contributed by atoms with Crippen LogP contribution in [0.3, 0.4) is 0 Å². The summed E-state index contributed by atoms with van der Waals surface area (Å²) in [6.45, 7) is 0. The van der Waals surface area contributed by atoms with E-state index in [0.29, 0.717) is 11.8 Å². The third-order valence-electron chi connectivity index (χ3n) is 3.27. The van der Waals surface area contributed by atoms with Gasteiger partial charge < -0.3 is 5.73 Å². The molecule has 67 valence electrons. The molecular formula is C10H16NO. The molecule has 2 saturated carbocycles. The highest BCUT2D eigenvalue weighted by Crippen LogP contribution is 2.41. The number of rotatable bonds is 1. The molecule has 2 atom stereocenters. The van der Waals surface area contributed by atoms with Crippen molar-refractivity contribution in [2.75, 3.05) is 0 Å². The van der Waals surface area contributed by atoms with Crippen LogP contribution in [0.5, 0.6) is 0 Å². The van der Waals surface area contributed by atoms with E-state index < -0.39 is 0 Å². The fourth-order valence-electron chi connectivity index (χ4n) is 2.67. The average molecular weight is 166 g/mol. The summed E-state index contributed by atoms with van der Waals surface area (Å²) in [6.07, 6.45) is 8.39. The molecular weight excluding hydrogens is 150 g/mol. The molecule has 2 rings (SSSR count). The molecule has 2 aliphatic carbocycles. The predicted molar refractivity (Wildman–Crippen MR) is 47.0 cm³/mol. The molecule has 0 saturated heterocycles. The lowest BCUT2D eigenvalue weighted by Gasteiger charge is -2.37. The second-order valence-corrected chi connectivity index (χ2v) is 4.21. The van der Waals surface area contributed by atoms with Crippen LogP contribution in [-0.4, -0.2) is 5.91 Å². The molecule has 1 amide bonds. The summed E-state index contributed by atoms with van der Waals surface area (Å²) >= 11 is 0. The highest BCUT2D eigenvalue weighted by molar-refractivity contribution is 5.76. The van der Waals surface area contributed by atoms with Crippen LogP contribution >= 0.6 is 0 Å². The first-order valence-corrected chi connectivity index (χ1v) is 4.90. The Labute approximate surface area is 73.5 Å². The van der Waals surface area contributed by atoms with Gasteiger partial charge in [-0.2, -0.15) is 0 Å². The molecule has 2 nitrogen and oxygen atoms in total. The largest absolute Gasteiger partial charge is 0.369 e. The number of hydrogen-bond acceptors (Lipinski definition) is 1. The number of carbonyl (C=O) groups is 1. The Balaban J connectivity index is 2.00. The molecule has 2 N–H and O–H groups in total. The standard InChI is InChI=1S/C10H16NO/c11-10(12)9-5-7-2-1-3-8(4-7)6-9/h4,7-9H,1-3,5-6H2,(H2,11,12). The second kappa shape index (κ2) is 3.08. The Morgan fingerprint density at radius 2 is 1.83 bits per heavy atom. The maximum absolute atomic E-state index is 11.0. The van der Waals surface area contributed by atoms with Crippen molar-refractivity contribution < 1.29 is 4.79 Å². The van der Waals surface area contributed by atoms with Gasteiger partial charge in [0.15, 0.2) is 0 Å². The van der Waals surface area contributed by atoms with Crippen LogP contribution in [0, 0.1) is 24.2 Å². The van der Waals surface area contributed by atoms with Gasteiger partial charge in [-0.1, -0.05) is 19.3 Å². The van der Waals surface area contributed by atoms with Crippen molar-refractivity contribution in [2.45, 2.75) is 32.1 Å². The van der Waals surface area contributed by atoms with Gasteiger partial charge in [-0.15, -0.1) is 0 Å². The fourth-order valence-corrected chi connectivity index (χ4v) is 2.67. The lowest BCUT2D eigenvalue weighted by Crippen LogP contribution is -2.34. The molecule has 1 radical (unpaired) electrons. The van der Waals surface area contributed by atoms with E-state index in [1.807, 2.05) is 0 Å². The molecule has 0 aliphatic heterocycles. The molecule has 0 aromatic heterocycles. The number of nitrogens with two attached hydrogens (primary N) is 1. The molecule has 0 spiro atoms. The Morgan fingerprint density at radius 1 is 1.25 bits per heavy atom. The van der Waals surface area contributed by atoms with E-state index in [2.05, 4.69) is 6.42 Å². The lowest BCUT2D eigenvalue weighted by molar-refractivity contribution is -0.123. The summed E-state index contributed by atoms with van der Waals surface area (Å²) in [5, 5.41) is 0. The van der Waals surface area contributed by atoms with E-state index in [1.54, 1.807) is 0 Å². The number of amides is 1. The van der Waals surface area contributed by atoms with E-state index in [-0.39, 0.29) is 11.8 Å². The first-order chi connectivity index (χ1) is 5.75. The Morgan fingerprint density at radius 3 is 2.33 bits per heavy atom. The van der Waals surface area contributed by atoms with E-state index >= 15 is 0 Å². The van der Waals surface area contributed by atoms with Gasteiger partial charge in [-0.05, 0) is 31.1 Å². The third-order valence-corrected chi connectivity index (χ3v) is 3.27. The van der Waals surface area contributed by atoms with Crippen LogP contribution in [0.1, 0.15) is 32.1 Å². The van der Waals surface area contributed by atoms with Crippen molar-refractivity contribution in [3.05, 3.63) is 6.42 Å². The van der Waals surface area contributed by atoms with Crippen molar-refractivity contribution in [3.8, 4) is 0 Å². The molecule has 2 heteroatoms. The number of carbonyl (C=O) groups excluding carboxylic acids is 1. The highest BCUT2D eigenvalue weighted by atomic mass is 16.1. The molecule has 0 aromatic carbocycles. The zero-order chi connectivity index (χ0) is 8.55. The minimum Gasteiger partial charge on any atom is -0.369 e. The molecule has 2 aliphatic rings. The van der Waals surface area contributed by atoms with Gasteiger partial charge in [0, 0.05) is 5.92 Å². The Hall–Kier alpha value is -0.530. The molecule has 12 heavy (non-hydrogen) atoms. The molecule has 2 bridgehead atoms. The minimum absolute atomic E-state index is 0.0833. The number of primary amides is 1.